The number of hydrogen-bond donors (Lipinski definition) is 4. The number of benzene rings is 3. The summed E-state index contributed by atoms with van der Waals surface area (Å²) in [6.07, 6.45) is 2.78. The predicted octanol–water partition coefficient (Wildman–Crippen LogP) is 6.01. The summed E-state index contributed by atoms with van der Waals surface area (Å²) >= 11 is 0. The van der Waals surface area contributed by atoms with Crippen molar-refractivity contribution in [2.45, 2.75) is 39.7 Å². The van der Waals surface area contributed by atoms with Gasteiger partial charge in [-0.25, -0.2) is 10.3 Å². The molecule has 0 spiro atoms. The number of nitrogens with one attached hydrogen (secondary N) is 2. The van der Waals surface area contributed by atoms with Crippen LogP contribution >= 0.6 is 0 Å². The van der Waals surface area contributed by atoms with Gasteiger partial charge < -0.3 is 9.84 Å². The summed E-state index contributed by atoms with van der Waals surface area (Å²) in [6, 6.07) is 18.2. The number of hydrogen-bond acceptors (Lipinski definition) is 5. The molecule has 34 heavy (non-hydrogen) atoms. The van der Waals surface area contributed by atoms with E-state index in [1.807, 2.05) is 69.3 Å². The molecule has 0 aromatic heterocycles. The largest absolute Gasteiger partial charge is 0.507 e. The molecule has 0 saturated heterocycles. The van der Waals surface area contributed by atoms with Gasteiger partial charge in [0.15, 0.2) is 0 Å². The van der Waals surface area contributed by atoms with Gasteiger partial charge in [0.1, 0.15) is 11.9 Å². The number of aryl methyl sites for hydroxylation is 1. The molecule has 3 rings (SSSR count). The highest BCUT2D eigenvalue weighted by molar-refractivity contribution is 5.92. The fraction of sp³-hybridized carbons (Fsp3) is 0.259. The van der Waals surface area contributed by atoms with E-state index in [-0.39, 0.29) is 5.75 Å². The zero-order valence-electron chi connectivity index (χ0n) is 19.5. The number of fused-ring (bicyclic) bond motifs is 1. The van der Waals surface area contributed by atoms with Crippen molar-refractivity contribution in [3.63, 3.8) is 0 Å². The van der Waals surface area contributed by atoms with E-state index in [4.69, 9.17) is 9.94 Å². The minimum atomic E-state index is -0.650. The van der Waals surface area contributed by atoms with Gasteiger partial charge in [-0.05, 0) is 43.4 Å². The van der Waals surface area contributed by atoms with Crippen molar-refractivity contribution >= 4 is 28.5 Å². The number of phenols is 1. The summed E-state index contributed by atoms with van der Waals surface area (Å²) in [6.45, 7) is 5.94. The number of amides is 2. The van der Waals surface area contributed by atoms with Crippen LogP contribution in [0.4, 0.5) is 10.5 Å². The van der Waals surface area contributed by atoms with Gasteiger partial charge in [-0.2, -0.15) is 0 Å². The average Bonchev–Trinajstić information content (AvgIpc) is 2.82. The second-order valence-electron chi connectivity index (χ2n) is 8.90. The van der Waals surface area contributed by atoms with Crippen LogP contribution in [0.3, 0.4) is 0 Å². The maximum absolute atomic E-state index is 12.9. The average molecular weight is 463 g/mol. The SMILES string of the molecule is Cc1ccc(NC(=O)O[C@H](c2ccc(O)c3ccccc23)C(C)(C)CC/C=C/C(=O)NO)cc1. The summed E-state index contributed by atoms with van der Waals surface area (Å²) in [5.41, 5.74) is 3.50. The maximum Gasteiger partial charge on any atom is 0.412 e. The van der Waals surface area contributed by atoms with Crippen molar-refractivity contribution in [1.29, 1.82) is 0 Å². The molecule has 0 aliphatic rings. The lowest BCUT2D eigenvalue weighted by Gasteiger charge is -2.35. The number of hydroxylamine groups is 1. The van der Waals surface area contributed by atoms with Gasteiger partial charge in [0, 0.05) is 28.1 Å². The minimum Gasteiger partial charge on any atom is -0.507 e. The Balaban J connectivity index is 1.92. The molecule has 0 aliphatic carbocycles. The molecular weight excluding hydrogens is 432 g/mol. The van der Waals surface area contributed by atoms with E-state index in [1.165, 1.54) is 6.08 Å². The Kier molecular flexibility index (Phi) is 7.91. The van der Waals surface area contributed by atoms with Crippen molar-refractivity contribution in [2.75, 3.05) is 5.32 Å². The van der Waals surface area contributed by atoms with Gasteiger partial charge in [0.05, 0.1) is 0 Å². The molecule has 7 heteroatoms. The zero-order chi connectivity index (χ0) is 24.7. The van der Waals surface area contributed by atoms with Crippen LogP contribution < -0.4 is 10.8 Å². The quantitative estimate of drug-likeness (QED) is 0.186. The van der Waals surface area contributed by atoms with Crippen LogP contribution in [0.25, 0.3) is 10.8 Å². The Morgan fingerprint density at radius 3 is 2.38 bits per heavy atom. The molecule has 0 unspecified atom stereocenters. The van der Waals surface area contributed by atoms with E-state index < -0.39 is 23.5 Å². The van der Waals surface area contributed by atoms with Crippen LogP contribution in [0.1, 0.15) is 43.9 Å². The standard InChI is InChI=1S/C27H30N2O5/c1-18-11-13-19(14-12-18)28-26(32)34-25(27(2,3)17-7-6-10-24(31)29-33)22-15-16-23(30)21-9-5-4-8-20(21)22/h4-6,8-16,25,30,33H,7,17H2,1-3H3,(H,28,32)(H,29,31)/b10-6+/t25-/m1/s1. The third kappa shape index (κ3) is 6.14. The molecule has 0 saturated carbocycles. The number of allylic oxidation sites excluding steroid dienone is 1. The summed E-state index contributed by atoms with van der Waals surface area (Å²) in [7, 11) is 0. The van der Waals surface area contributed by atoms with Crippen molar-refractivity contribution in [3.05, 3.63) is 83.9 Å². The first-order valence-electron chi connectivity index (χ1n) is 11.1. The number of phenolic OH excluding ortho intramolecular Hbond substituents is 1. The third-order valence-corrected chi connectivity index (χ3v) is 5.78. The number of rotatable bonds is 8. The fourth-order valence-corrected chi connectivity index (χ4v) is 3.88. The first-order valence-corrected chi connectivity index (χ1v) is 11.1. The van der Waals surface area contributed by atoms with Gasteiger partial charge >= 0.3 is 6.09 Å². The summed E-state index contributed by atoms with van der Waals surface area (Å²) < 4.78 is 6.01. The smallest absolute Gasteiger partial charge is 0.412 e. The molecule has 178 valence electrons. The van der Waals surface area contributed by atoms with Crippen LogP contribution in [-0.2, 0) is 9.53 Å². The van der Waals surface area contributed by atoms with Crippen LogP contribution in [0.5, 0.6) is 5.75 Å². The fourth-order valence-electron chi connectivity index (χ4n) is 3.88. The lowest BCUT2D eigenvalue weighted by molar-refractivity contribution is -0.124. The van der Waals surface area contributed by atoms with Crippen molar-refractivity contribution in [2.24, 2.45) is 5.41 Å². The molecule has 3 aromatic carbocycles. The molecule has 1 atom stereocenters. The molecule has 0 aliphatic heterocycles. The number of ether oxygens (including phenoxy) is 1. The normalized spacial score (nSPS) is 12.5. The number of carbonyl (C=O) groups is 2. The van der Waals surface area contributed by atoms with E-state index in [1.54, 1.807) is 23.7 Å². The minimum absolute atomic E-state index is 0.151. The monoisotopic (exact) mass is 462 g/mol. The molecule has 4 N–H and O–H groups in total. The van der Waals surface area contributed by atoms with Crippen molar-refractivity contribution < 1.29 is 24.6 Å². The topological polar surface area (TPSA) is 108 Å². The number of anilines is 1. The van der Waals surface area contributed by atoms with E-state index in [0.717, 1.165) is 16.5 Å². The highest BCUT2D eigenvalue weighted by atomic mass is 16.6. The van der Waals surface area contributed by atoms with E-state index in [9.17, 15) is 14.7 Å². The van der Waals surface area contributed by atoms with Gasteiger partial charge in [-0.15, -0.1) is 0 Å². The highest BCUT2D eigenvalue weighted by Crippen LogP contribution is 2.44. The Bertz CT molecular complexity index is 1190. The van der Waals surface area contributed by atoms with Gasteiger partial charge in [-0.3, -0.25) is 15.3 Å². The van der Waals surface area contributed by atoms with Crippen molar-refractivity contribution in [3.8, 4) is 5.75 Å². The molecule has 3 aromatic rings. The van der Waals surface area contributed by atoms with Crippen LogP contribution in [0.2, 0.25) is 0 Å². The Labute approximate surface area is 199 Å². The molecule has 7 nitrogen and oxygen atoms in total. The number of carbonyl (C=O) groups excluding carboxylic acids is 2. The lowest BCUT2D eigenvalue weighted by Crippen LogP contribution is -2.29. The third-order valence-electron chi connectivity index (χ3n) is 5.78. The molecule has 0 heterocycles. The first-order chi connectivity index (χ1) is 16.2. The maximum atomic E-state index is 12.9. The Morgan fingerprint density at radius 2 is 1.71 bits per heavy atom. The first kappa shape index (κ1) is 24.8. The second kappa shape index (κ2) is 10.9. The van der Waals surface area contributed by atoms with Crippen LogP contribution in [0, 0.1) is 12.3 Å². The number of aromatic hydroxyl groups is 1. The molecule has 0 bridgehead atoms. The van der Waals surface area contributed by atoms with Gasteiger partial charge in [0.25, 0.3) is 5.91 Å². The van der Waals surface area contributed by atoms with E-state index in [2.05, 4.69) is 5.32 Å². The van der Waals surface area contributed by atoms with E-state index >= 15 is 0 Å². The van der Waals surface area contributed by atoms with Crippen molar-refractivity contribution in [1.82, 2.24) is 5.48 Å². The Morgan fingerprint density at radius 1 is 1.03 bits per heavy atom. The summed E-state index contributed by atoms with van der Waals surface area (Å²) in [4.78, 5) is 24.2. The Hall–Kier alpha value is -3.84. The molecular formula is C27H30N2O5. The van der Waals surface area contributed by atoms with Gasteiger partial charge in [0.2, 0.25) is 0 Å². The van der Waals surface area contributed by atoms with E-state index in [0.29, 0.717) is 23.9 Å². The van der Waals surface area contributed by atoms with Crippen LogP contribution in [0.15, 0.2) is 72.8 Å². The molecule has 0 radical (unpaired) electrons. The van der Waals surface area contributed by atoms with Crippen LogP contribution in [-0.4, -0.2) is 22.3 Å². The summed E-state index contributed by atoms with van der Waals surface area (Å²) in [5, 5.41) is 23.2. The zero-order valence-corrected chi connectivity index (χ0v) is 19.5. The highest BCUT2D eigenvalue weighted by Gasteiger charge is 2.35. The summed E-state index contributed by atoms with van der Waals surface area (Å²) in [5.74, 6) is -0.453. The van der Waals surface area contributed by atoms with Gasteiger partial charge in [-0.1, -0.05) is 68.0 Å². The predicted molar refractivity (Wildman–Crippen MR) is 132 cm³/mol. The molecule has 2 amide bonds. The second-order valence-corrected chi connectivity index (χ2v) is 8.90. The lowest BCUT2D eigenvalue weighted by atomic mass is 9.77. The molecule has 0 fully saturated rings.